The van der Waals surface area contributed by atoms with Gasteiger partial charge in [-0.2, -0.15) is 4.98 Å². The maximum Gasteiger partial charge on any atom is 0.228 e. The number of hydrogen-bond donors (Lipinski definition) is 1. The second kappa shape index (κ2) is 5.10. The van der Waals surface area contributed by atoms with E-state index in [-0.39, 0.29) is 0 Å². The molecule has 1 unspecified atom stereocenters. The third kappa shape index (κ3) is 2.80. The van der Waals surface area contributed by atoms with Crippen molar-refractivity contribution in [1.29, 1.82) is 0 Å². The second-order valence-electron chi connectivity index (χ2n) is 3.80. The minimum atomic E-state index is 0.403. The van der Waals surface area contributed by atoms with Gasteiger partial charge in [-0.1, -0.05) is 25.9 Å². The van der Waals surface area contributed by atoms with Crippen LogP contribution >= 0.6 is 0 Å². The summed E-state index contributed by atoms with van der Waals surface area (Å²) in [5, 5.41) is 7.12. The van der Waals surface area contributed by atoms with Crippen molar-refractivity contribution in [3.05, 3.63) is 11.7 Å². The van der Waals surface area contributed by atoms with Crippen LogP contribution in [0.1, 0.15) is 32.5 Å². The van der Waals surface area contributed by atoms with Gasteiger partial charge in [-0.3, -0.25) is 0 Å². The molecule has 80 valence electrons. The minimum absolute atomic E-state index is 0.403. The van der Waals surface area contributed by atoms with Crippen LogP contribution < -0.4 is 5.32 Å². The van der Waals surface area contributed by atoms with Crippen molar-refractivity contribution >= 4 is 0 Å². The lowest BCUT2D eigenvalue weighted by molar-refractivity contribution is 0.333. The standard InChI is InChI=1S/C10H19N3O/c1-5-9-12-10(14-13-9)6-8(11-4)7(2)3/h7-8,11H,5-6H2,1-4H3. The molecule has 1 aromatic rings. The average Bonchev–Trinajstić information content (AvgIpc) is 2.61. The highest BCUT2D eigenvalue weighted by Crippen LogP contribution is 2.08. The van der Waals surface area contributed by atoms with Crippen molar-refractivity contribution < 1.29 is 4.52 Å². The Morgan fingerprint density at radius 1 is 1.43 bits per heavy atom. The van der Waals surface area contributed by atoms with Crippen LogP contribution in [0.5, 0.6) is 0 Å². The highest BCUT2D eigenvalue weighted by atomic mass is 16.5. The molecule has 1 aromatic heterocycles. The zero-order chi connectivity index (χ0) is 10.6. The van der Waals surface area contributed by atoms with E-state index in [0.717, 1.165) is 24.6 Å². The zero-order valence-electron chi connectivity index (χ0n) is 9.37. The van der Waals surface area contributed by atoms with Crippen molar-refractivity contribution in [3.8, 4) is 0 Å². The van der Waals surface area contributed by atoms with Gasteiger partial charge < -0.3 is 9.84 Å². The van der Waals surface area contributed by atoms with Crippen molar-refractivity contribution in [2.24, 2.45) is 5.92 Å². The summed E-state index contributed by atoms with van der Waals surface area (Å²) in [7, 11) is 1.96. The van der Waals surface area contributed by atoms with Crippen molar-refractivity contribution in [2.45, 2.75) is 39.7 Å². The number of aryl methyl sites for hydroxylation is 1. The summed E-state index contributed by atoms with van der Waals surface area (Å²) < 4.78 is 5.14. The number of likely N-dealkylation sites (N-methyl/N-ethyl adjacent to an activating group) is 1. The van der Waals surface area contributed by atoms with E-state index in [2.05, 4.69) is 29.3 Å². The zero-order valence-corrected chi connectivity index (χ0v) is 9.37. The summed E-state index contributed by atoms with van der Waals surface area (Å²) in [6.45, 7) is 6.38. The van der Waals surface area contributed by atoms with E-state index >= 15 is 0 Å². The van der Waals surface area contributed by atoms with Crippen LogP contribution in [0.15, 0.2) is 4.52 Å². The largest absolute Gasteiger partial charge is 0.339 e. The smallest absolute Gasteiger partial charge is 0.228 e. The molecule has 0 aromatic carbocycles. The van der Waals surface area contributed by atoms with Gasteiger partial charge >= 0.3 is 0 Å². The van der Waals surface area contributed by atoms with Gasteiger partial charge in [-0.25, -0.2) is 0 Å². The Bertz CT molecular complexity index is 270. The number of nitrogens with zero attached hydrogens (tertiary/aromatic N) is 2. The van der Waals surface area contributed by atoms with Crippen molar-refractivity contribution in [2.75, 3.05) is 7.05 Å². The van der Waals surface area contributed by atoms with E-state index in [9.17, 15) is 0 Å². The molecule has 0 spiro atoms. The molecule has 1 atom stereocenters. The third-order valence-corrected chi connectivity index (χ3v) is 2.40. The highest BCUT2D eigenvalue weighted by Gasteiger charge is 2.15. The van der Waals surface area contributed by atoms with Gasteiger partial charge in [0.2, 0.25) is 5.89 Å². The van der Waals surface area contributed by atoms with Gasteiger partial charge in [0.05, 0.1) is 0 Å². The number of rotatable bonds is 5. The number of hydrogen-bond acceptors (Lipinski definition) is 4. The Labute approximate surface area is 85.1 Å². The highest BCUT2D eigenvalue weighted by molar-refractivity contribution is 4.89. The fourth-order valence-corrected chi connectivity index (χ4v) is 1.38. The SMILES string of the molecule is CCc1noc(CC(NC)C(C)C)n1. The maximum absolute atomic E-state index is 5.14. The van der Waals surface area contributed by atoms with Gasteiger partial charge in [0.15, 0.2) is 5.82 Å². The molecule has 4 nitrogen and oxygen atoms in total. The Morgan fingerprint density at radius 2 is 2.14 bits per heavy atom. The van der Waals surface area contributed by atoms with Crippen LogP contribution in [0, 0.1) is 5.92 Å². The fourth-order valence-electron chi connectivity index (χ4n) is 1.38. The molecule has 0 saturated carbocycles. The molecule has 0 bridgehead atoms. The number of aromatic nitrogens is 2. The van der Waals surface area contributed by atoms with Gasteiger partial charge in [0.1, 0.15) is 0 Å². The van der Waals surface area contributed by atoms with E-state index < -0.39 is 0 Å². The van der Waals surface area contributed by atoms with E-state index in [1.807, 2.05) is 14.0 Å². The van der Waals surface area contributed by atoms with E-state index in [0.29, 0.717) is 12.0 Å². The molecule has 0 aliphatic carbocycles. The first-order valence-electron chi connectivity index (χ1n) is 5.16. The molecule has 0 saturated heterocycles. The lowest BCUT2D eigenvalue weighted by Crippen LogP contribution is -2.32. The maximum atomic E-state index is 5.14. The molecule has 0 aliphatic rings. The summed E-state index contributed by atoms with van der Waals surface area (Å²) in [6, 6.07) is 0.403. The molecule has 0 amide bonds. The molecular weight excluding hydrogens is 178 g/mol. The summed E-state index contributed by atoms with van der Waals surface area (Å²) in [5.41, 5.74) is 0. The van der Waals surface area contributed by atoms with Gasteiger partial charge in [-0.15, -0.1) is 0 Å². The summed E-state index contributed by atoms with van der Waals surface area (Å²) in [4.78, 5) is 4.28. The number of nitrogens with one attached hydrogen (secondary N) is 1. The second-order valence-corrected chi connectivity index (χ2v) is 3.80. The Morgan fingerprint density at radius 3 is 2.57 bits per heavy atom. The molecule has 1 N–H and O–H groups in total. The van der Waals surface area contributed by atoms with Crippen LogP contribution in [-0.4, -0.2) is 23.2 Å². The van der Waals surface area contributed by atoms with Gasteiger partial charge in [-0.05, 0) is 13.0 Å². The van der Waals surface area contributed by atoms with Crippen LogP contribution in [0.2, 0.25) is 0 Å². The van der Waals surface area contributed by atoms with Crippen molar-refractivity contribution in [1.82, 2.24) is 15.5 Å². The summed E-state index contributed by atoms with van der Waals surface area (Å²) >= 11 is 0. The predicted molar refractivity (Wildman–Crippen MR) is 55.1 cm³/mol. The predicted octanol–water partition coefficient (Wildman–Crippen LogP) is 1.42. The molecule has 14 heavy (non-hydrogen) atoms. The Hall–Kier alpha value is -0.900. The van der Waals surface area contributed by atoms with Gasteiger partial charge in [0, 0.05) is 18.9 Å². The quantitative estimate of drug-likeness (QED) is 0.775. The summed E-state index contributed by atoms with van der Waals surface area (Å²) in [6.07, 6.45) is 1.64. The first-order valence-corrected chi connectivity index (χ1v) is 5.16. The average molecular weight is 197 g/mol. The van der Waals surface area contributed by atoms with Crippen LogP contribution in [-0.2, 0) is 12.8 Å². The molecule has 0 fully saturated rings. The molecule has 0 radical (unpaired) electrons. The monoisotopic (exact) mass is 197 g/mol. The fraction of sp³-hybridized carbons (Fsp3) is 0.800. The molecule has 0 aliphatic heterocycles. The van der Waals surface area contributed by atoms with E-state index in [1.54, 1.807) is 0 Å². The Kier molecular flexibility index (Phi) is 4.07. The molecular formula is C10H19N3O. The van der Waals surface area contributed by atoms with Crippen LogP contribution in [0.25, 0.3) is 0 Å². The van der Waals surface area contributed by atoms with Crippen LogP contribution in [0.4, 0.5) is 0 Å². The minimum Gasteiger partial charge on any atom is -0.339 e. The first kappa shape index (κ1) is 11.2. The summed E-state index contributed by atoms with van der Waals surface area (Å²) in [5.74, 6) is 2.09. The normalized spacial score (nSPS) is 13.5. The van der Waals surface area contributed by atoms with Gasteiger partial charge in [0.25, 0.3) is 0 Å². The topological polar surface area (TPSA) is 51.0 Å². The molecule has 1 heterocycles. The van der Waals surface area contributed by atoms with Crippen LogP contribution in [0.3, 0.4) is 0 Å². The van der Waals surface area contributed by atoms with Crippen molar-refractivity contribution in [3.63, 3.8) is 0 Å². The Balaban J connectivity index is 2.57. The first-order chi connectivity index (χ1) is 6.67. The lowest BCUT2D eigenvalue weighted by atomic mass is 10.0. The lowest BCUT2D eigenvalue weighted by Gasteiger charge is -2.17. The molecule has 1 rings (SSSR count). The van der Waals surface area contributed by atoms with E-state index in [1.165, 1.54) is 0 Å². The molecule has 4 heteroatoms. The third-order valence-electron chi connectivity index (χ3n) is 2.40. The van der Waals surface area contributed by atoms with E-state index in [4.69, 9.17) is 4.52 Å².